The van der Waals surface area contributed by atoms with Gasteiger partial charge in [0.25, 0.3) is 5.91 Å². The number of halogens is 2. The molecule has 3 aromatic carbocycles. The van der Waals surface area contributed by atoms with Crippen molar-refractivity contribution in [2.45, 2.75) is 26.3 Å². The van der Waals surface area contributed by atoms with Crippen LogP contribution in [-0.4, -0.2) is 53.3 Å². The van der Waals surface area contributed by atoms with Crippen LogP contribution in [0.5, 0.6) is 5.75 Å². The molecule has 0 bridgehead atoms. The summed E-state index contributed by atoms with van der Waals surface area (Å²) >= 11 is 12.4. The second-order valence-electron chi connectivity index (χ2n) is 9.13. The fourth-order valence-electron chi connectivity index (χ4n) is 4.45. The molecule has 2 amide bonds. The topological polar surface area (TPSA) is 65.6 Å². The summed E-state index contributed by atoms with van der Waals surface area (Å²) in [7, 11) is 1.58. The third kappa shape index (κ3) is 6.69. The molecular formula is C30H31Cl2N3O3. The molecule has 1 heterocycles. The van der Waals surface area contributed by atoms with Crippen LogP contribution in [0.4, 0.5) is 0 Å². The maximum absolute atomic E-state index is 13.7. The van der Waals surface area contributed by atoms with Crippen LogP contribution in [-0.2, 0) is 17.8 Å². The minimum absolute atomic E-state index is 0.0199. The van der Waals surface area contributed by atoms with Gasteiger partial charge >= 0.3 is 0 Å². The Morgan fingerprint density at radius 3 is 2.39 bits per heavy atom. The number of ether oxygens (including phenoxy) is 1. The average molecular weight is 553 g/mol. The summed E-state index contributed by atoms with van der Waals surface area (Å²) in [5.74, 6) is 0.352. The van der Waals surface area contributed by atoms with Crippen molar-refractivity contribution in [2.24, 2.45) is 0 Å². The monoisotopic (exact) mass is 551 g/mol. The fourth-order valence-corrected chi connectivity index (χ4v) is 4.77. The highest BCUT2D eigenvalue weighted by molar-refractivity contribution is 6.42. The first kappa shape index (κ1) is 27.6. The standard InChI is InChI=1S/C30H31Cl2N3O3/c1-3-15-35(30(37)22-9-11-24(38-2)12-10-22)20-29(36)34(19-21-8-13-26(31)27(32)17-21)16-14-23-18-33-28-7-5-4-6-25(23)28/h4-13,17-18,33H,3,14-16,19-20H2,1-2H3. The number of fused-ring (bicyclic) bond motifs is 1. The largest absolute Gasteiger partial charge is 0.497 e. The number of aromatic amines is 1. The molecule has 0 unspecified atom stereocenters. The number of hydrogen-bond donors (Lipinski definition) is 1. The molecule has 1 aromatic heterocycles. The highest BCUT2D eigenvalue weighted by Crippen LogP contribution is 2.24. The zero-order valence-corrected chi connectivity index (χ0v) is 23.1. The molecule has 198 valence electrons. The molecule has 0 aliphatic heterocycles. The molecular weight excluding hydrogens is 521 g/mol. The summed E-state index contributed by atoms with van der Waals surface area (Å²) in [6.07, 6.45) is 3.39. The second-order valence-corrected chi connectivity index (χ2v) is 9.94. The van der Waals surface area contributed by atoms with Crippen molar-refractivity contribution in [2.75, 3.05) is 26.7 Å². The Hall–Kier alpha value is -3.48. The number of benzene rings is 3. The van der Waals surface area contributed by atoms with E-state index in [4.69, 9.17) is 27.9 Å². The van der Waals surface area contributed by atoms with Crippen LogP contribution < -0.4 is 4.74 Å². The van der Waals surface area contributed by atoms with E-state index in [1.165, 1.54) is 0 Å². The number of carbonyl (C=O) groups is 2. The number of nitrogens with zero attached hydrogens (tertiary/aromatic N) is 2. The summed E-state index contributed by atoms with van der Waals surface area (Å²) < 4.78 is 5.20. The Labute approximate surface area is 233 Å². The van der Waals surface area contributed by atoms with Crippen molar-refractivity contribution in [1.82, 2.24) is 14.8 Å². The predicted molar refractivity (Wildman–Crippen MR) is 153 cm³/mol. The number of rotatable bonds is 11. The molecule has 0 saturated carbocycles. The zero-order chi connectivity index (χ0) is 27.1. The van der Waals surface area contributed by atoms with Crippen LogP contribution in [0.1, 0.15) is 34.8 Å². The van der Waals surface area contributed by atoms with Gasteiger partial charge in [0.1, 0.15) is 12.3 Å². The van der Waals surface area contributed by atoms with Crippen LogP contribution in [0.3, 0.4) is 0 Å². The van der Waals surface area contributed by atoms with Crippen molar-refractivity contribution in [1.29, 1.82) is 0 Å². The molecule has 1 N–H and O–H groups in total. The maximum atomic E-state index is 13.7. The van der Waals surface area contributed by atoms with Crippen LogP contribution in [0, 0.1) is 0 Å². The van der Waals surface area contributed by atoms with Gasteiger partial charge in [0.15, 0.2) is 0 Å². The summed E-state index contributed by atoms with van der Waals surface area (Å²) in [6.45, 7) is 3.28. The number of aromatic nitrogens is 1. The quantitative estimate of drug-likeness (QED) is 0.228. The zero-order valence-electron chi connectivity index (χ0n) is 21.5. The van der Waals surface area contributed by atoms with Gasteiger partial charge in [0.2, 0.25) is 5.91 Å². The van der Waals surface area contributed by atoms with Crippen LogP contribution >= 0.6 is 23.2 Å². The maximum Gasteiger partial charge on any atom is 0.254 e. The number of hydrogen-bond acceptors (Lipinski definition) is 3. The van der Waals surface area contributed by atoms with E-state index in [0.29, 0.717) is 47.4 Å². The highest BCUT2D eigenvalue weighted by atomic mass is 35.5. The van der Waals surface area contributed by atoms with Gasteiger partial charge < -0.3 is 19.5 Å². The van der Waals surface area contributed by atoms with Gasteiger partial charge in [0, 0.05) is 42.3 Å². The molecule has 38 heavy (non-hydrogen) atoms. The number of carbonyl (C=O) groups excluding carboxylic acids is 2. The lowest BCUT2D eigenvalue weighted by Gasteiger charge is -2.28. The number of nitrogens with one attached hydrogen (secondary N) is 1. The molecule has 6 nitrogen and oxygen atoms in total. The van der Waals surface area contributed by atoms with Crippen molar-refractivity contribution in [3.8, 4) is 5.75 Å². The average Bonchev–Trinajstić information content (AvgIpc) is 3.35. The smallest absolute Gasteiger partial charge is 0.254 e. The summed E-state index contributed by atoms with van der Waals surface area (Å²) in [5, 5.41) is 2.04. The first-order chi connectivity index (χ1) is 18.4. The Balaban J connectivity index is 1.54. The number of methoxy groups -OCH3 is 1. The minimum atomic E-state index is -0.186. The van der Waals surface area contributed by atoms with E-state index in [1.807, 2.05) is 37.4 Å². The van der Waals surface area contributed by atoms with Gasteiger partial charge in [-0.25, -0.2) is 0 Å². The van der Waals surface area contributed by atoms with E-state index in [1.54, 1.807) is 53.3 Å². The molecule has 0 aliphatic carbocycles. The molecule has 0 fully saturated rings. The van der Waals surface area contributed by atoms with Crippen molar-refractivity contribution < 1.29 is 14.3 Å². The van der Waals surface area contributed by atoms with E-state index in [2.05, 4.69) is 11.1 Å². The van der Waals surface area contributed by atoms with Crippen molar-refractivity contribution in [3.05, 3.63) is 99.7 Å². The minimum Gasteiger partial charge on any atom is -0.497 e. The first-order valence-corrected chi connectivity index (χ1v) is 13.3. The van der Waals surface area contributed by atoms with Gasteiger partial charge in [-0.2, -0.15) is 0 Å². The summed E-state index contributed by atoms with van der Waals surface area (Å²) in [4.78, 5) is 33.7. The van der Waals surface area contributed by atoms with Crippen molar-refractivity contribution in [3.63, 3.8) is 0 Å². The molecule has 0 saturated heterocycles. The summed E-state index contributed by atoms with van der Waals surface area (Å²) in [5.41, 5.74) is 3.58. The van der Waals surface area contributed by atoms with E-state index >= 15 is 0 Å². The number of para-hydroxylation sites is 1. The molecule has 0 atom stereocenters. The van der Waals surface area contributed by atoms with Gasteiger partial charge in [-0.3, -0.25) is 9.59 Å². The Bertz CT molecular complexity index is 1400. The molecule has 0 aliphatic rings. The summed E-state index contributed by atoms with van der Waals surface area (Å²) in [6, 6.07) is 20.4. The van der Waals surface area contributed by atoms with E-state index in [-0.39, 0.29) is 18.4 Å². The van der Waals surface area contributed by atoms with Gasteiger partial charge in [-0.15, -0.1) is 0 Å². The lowest BCUT2D eigenvalue weighted by atomic mass is 10.1. The van der Waals surface area contributed by atoms with Crippen LogP contribution in [0.25, 0.3) is 10.9 Å². The van der Waals surface area contributed by atoms with Gasteiger partial charge in [-0.1, -0.05) is 54.4 Å². The molecule has 0 radical (unpaired) electrons. The number of H-pyrrole nitrogens is 1. The van der Waals surface area contributed by atoms with E-state index in [0.717, 1.165) is 28.5 Å². The van der Waals surface area contributed by atoms with Gasteiger partial charge in [-0.05, 0) is 66.4 Å². The third-order valence-electron chi connectivity index (χ3n) is 6.48. The Morgan fingerprint density at radius 1 is 0.921 bits per heavy atom. The second kappa shape index (κ2) is 12.9. The van der Waals surface area contributed by atoms with Crippen LogP contribution in [0.15, 0.2) is 72.9 Å². The Kier molecular flexibility index (Phi) is 9.32. The lowest BCUT2D eigenvalue weighted by Crippen LogP contribution is -2.43. The predicted octanol–water partition coefficient (Wildman–Crippen LogP) is 6.61. The van der Waals surface area contributed by atoms with E-state index < -0.39 is 0 Å². The number of amides is 2. The first-order valence-electron chi connectivity index (χ1n) is 12.6. The van der Waals surface area contributed by atoms with Crippen molar-refractivity contribution >= 4 is 45.9 Å². The van der Waals surface area contributed by atoms with Crippen LogP contribution in [0.2, 0.25) is 10.0 Å². The molecule has 4 rings (SSSR count). The third-order valence-corrected chi connectivity index (χ3v) is 7.22. The highest BCUT2D eigenvalue weighted by Gasteiger charge is 2.23. The molecule has 4 aromatic rings. The normalized spacial score (nSPS) is 10.9. The Morgan fingerprint density at radius 2 is 1.68 bits per heavy atom. The fraction of sp³-hybridized carbons (Fsp3) is 0.267. The van der Waals surface area contributed by atoms with E-state index in [9.17, 15) is 9.59 Å². The lowest BCUT2D eigenvalue weighted by molar-refractivity contribution is -0.132. The SMILES string of the molecule is CCCN(CC(=O)N(CCc1c[nH]c2ccccc12)Cc1ccc(Cl)c(Cl)c1)C(=O)c1ccc(OC)cc1. The molecule has 8 heteroatoms. The molecule has 0 spiro atoms. The van der Waals surface area contributed by atoms with Gasteiger partial charge in [0.05, 0.1) is 17.2 Å².